The first-order valence-corrected chi connectivity index (χ1v) is 32.2. The van der Waals surface area contributed by atoms with Crippen molar-refractivity contribution in [2.45, 2.75) is 103 Å². The Morgan fingerprint density at radius 2 is 0.906 bits per heavy atom. The molecule has 0 fully saturated rings. The van der Waals surface area contributed by atoms with Crippen molar-refractivity contribution in [2.75, 3.05) is 0 Å². The summed E-state index contributed by atoms with van der Waals surface area (Å²) < 4.78 is 9.44. The molecule has 32 heavy (non-hydrogen) atoms. The van der Waals surface area contributed by atoms with Crippen molar-refractivity contribution >= 4 is 47.8 Å². The molecule has 0 nitrogen and oxygen atoms in total. The van der Waals surface area contributed by atoms with E-state index in [-0.39, 0.29) is 35.6 Å². The van der Waals surface area contributed by atoms with Crippen molar-refractivity contribution in [1.29, 1.82) is 0 Å². The van der Waals surface area contributed by atoms with Gasteiger partial charge < -0.3 is 0 Å². The smallest absolute Gasteiger partial charge is 0.147 e. The summed E-state index contributed by atoms with van der Waals surface area (Å²) in [6.07, 6.45) is 7.85. The van der Waals surface area contributed by atoms with E-state index in [1.54, 1.807) is 11.1 Å². The van der Waals surface area contributed by atoms with Crippen molar-refractivity contribution in [3.8, 4) is 0 Å². The van der Waals surface area contributed by atoms with Crippen molar-refractivity contribution in [1.82, 2.24) is 0 Å². The van der Waals surface area contributed by atoms with Gasteiger partial charge >= 0.3 is 194 Å². The maximum absolute atomic E-state index is 3.30. The van der Waals surface area contributed by atoms with E-state index in [1.807, 2.05) is 17.0 Å². The summed E-state index contributed by atoms with van der Waals surface area (Å²) in [6.45, 7) is 32.4. The predicted octanol–water partition coefficient (Wildman–Crippen LogP) is 9.18. The standard InChI is InChI=1S/2C12H21Si.2CH3.2ClH.H2Si.Zr/c2*1-12(2,3)10-7-8-11(9-10)13(4,5)6;;;;;;/h2*9H,7H2,1-6H3;2*1H3;2*1H;1H2;. The second-order valence-electron chi connectivity index (χ2n) is 15.2. The van der Waals surface area contributed by atoms with Gasteiger partial charge in [-0.1, -0.05) is 0 Å². The fraction of sp³-hybridized carbons (Fsp3) is 0.692. The third-order valence-electron chi connectivity index (χ3n) is 7.50. The molecule has 2 rings (SSSR count). The van der Waals surface area contributed by atoms with Crippen molar-refractivity contribution in [2.24, 2.45) is 10.8 Å². The van der Waals surface area contributed by atoms with Crippen LogP contribution in [-0.2, 0) is 17.4 Å². The monoisotopic (exact) mass is 608 g/mol. The van der Waals surface area contributed by atoms with Crippen LogP contribution in [0.5, 0.6) is 0 Å². The summed E-state index contributed by atoms with van der Waals surface area (Å²) in [5.41, 5.74) is 3.91. The molecule has 0 N–H and O–H groups in total. The first kappa shape index (κ1) is 33.1. The molecule has 0 amide bonds. The molecule has 0 aromatic heterocycles. The number of hydrogen-bond acceptors (Lipinski definition) is 0. The zero-order valence-electron chi connectivity index (χ0n) is 23.6. The molecule has 0 saturated carbocycles. The largest absolute Gasteiger partial charge is 0.147 e. The van der Waals surface area contributed by atoms with Crippen LogP contribution in [0, 0.1) is 10.8 Å². The van der Waals surface area contributed by atoms with E-state index in [2.05, 4.69) is 109 Å². The zero-order valence-corrected chi connectivity index (χ0v) is 31.1. The summed E-state index contributed by atoms with van der Waals surface area (Å²) in [5, 5.41) is 3.62. The average Bonchev–Trinajstić information content (AvgIpc) is 3.11. The van der Waals surface area contributed by atoms with Gasteiger partial charge in [-0.2, -0.15) is 0 Å². The van der Waals surface area contributed by atoms with Gasteiger partial charge in [-0.25, -0.2) is 0 Å². The molecular weight excluding hydrogens is 559 g/mol. The Morgan fingerprint density at radius 1 is 0.656 bits per heavy atom. The van der Waals surface area contributed by atoms with Crippen LogP contribution in [0.4, 0.5) is 0 Å². The summed E-state index contributed by atoms with van der Waals surface area (Å²) in [4.78, 5) is 0. The van der Waals surface area contributed by atoms with Gasteiger partial charge in [0.1, 0.15) is 0 Å². The molecule has 186 valence electrons. The molecule has 0 bridgehead atoms. The van der Waals surface area contributed by atoms with E-state index >= 15 is 0 Å². The van der Waals surface area contributed by atoms with Crippen LogP contribution < -0.4 is 0 Å². The van der Waals surface area contributed by atoms with E-state index < -0.39 is 33.5 Å². The molecule has 0 aliphatic heterocycles. The molecule has 6 heteroatoms. The topological polar surface area (TPSA) is 0 Å². The quantitative estimate of drug-likeness (QED) is 0.278. The molecule has 0 heterocycles. The Kier molecular flexibility index (Phi) is 9.83. The minimum Gasteiger partial charge on any atom is -0.147 e. The van der Waals surface area contributed by atoms with E-state index in [0.717, 1.165) is 0 Å². The van der Waals surface area contributed by atoms with Crippen LogP contribution in [-0.4, -0.2) is 23.0 Å². The summed E-state index contributed by atoms with van der Waals surface area (Å²) in [6, 6.07) is 0. The number of rotatable bonds is 4. The Balaban J connectivity index is 0.00000480. The second-order valence-corrected chi connectivity index (χ2v) is 54.0. The molecule has 0 saturated heterocycles. The van der Waals surface area contributed by atoms with Gasteiger partial charge in [0.15, 0.2) is 0 Å². The Hall–Kier alpha value is 1.07. The van der Waals surface area contributed by atoms with Gasteiger partial charge in [0.25, 0.3) is 0 Å². The van der Waals surface area contributed by atoms with Gasteiger partial charge in [0, 0.05) is 0 Å². The maximum Gasteiger partial charge on any atom is -0.147 e. The Bertz CT molecular complexity index is 873. The summed E-state index contributed by atoms with van der Waals surface area (Å²) in [7, 11) is -2.81. The van der Waals surface area contributed by atoms with Crippen LogP contribution in [0.15, 0.2) is 40.3 Å². The first-order valence-electron chi connectivity index (χ1n) is 11.9. The Labute approximate surface area is 217 Å². The van der Waals surface area contributed by atoms with Crippen LogP contribution in [0.25, 0.3) is 0 Å². The Morgan fingerprint density at radius 3 is 1.09 bits per heavy atom. The fourth-order valence-corrected chi connectivity index (χ4v) is 33.6. The predicted molar refractivity (Wildman–Crippen MR) is 160 cm³/mol. The van der Waals surface area contributed by atoms with E-state index in [9.17, 15) is 0 Å². The molecule has 0 aromatic carbocycles. The van der Waals surface area contributed by atoms with Gasteiger partial charge in [0.05, 0.1) is 0 Å². The third-order valence-corrected chi connectivity index (χ3v) is 29.6. The molecule has 0 aromatic rings. The molecule has 2 aliphatic carbocycles. The minimum absolute atomic E-state index is 0. The summed E-state index contributed by atoms with van der Waals surface area (Å²) in [5.74, 6) is 0. The fourth-order valence-electron chi connectivity index (χ4n) is 5.11. The third kappa shape index (κ3) is 6.64. The molecule has 0 spiro atoms. The number of allylic oxidation sites excluding steroid dienone is 8. The number of hydrogen-bond donors (Lipinski definition) is 0. The molecule has 2 aliphatic rings. The molecule has 0 radical (unpaired) electrons. The summed E-state index contributed by atoms with van der Waals surface area (Å²) >= 11 is -3.30. The van der Waals surface area contributed by atoms with Crippen LogP contribution >= 0.6 is 24.8 Å². The molecular formula is C26H52Cl2Si3Zr. The van der Waals surface area contributed by atoms with Gasteiger partial charge in [-0.3, -0.25) is 0 Å². The van der Waals surface area contributed by atoms with Gasteiger partial charge in [0.2, 0.25) is 0 Å². The second kappa shape index (κ2) is 9.51. The average molecular weight is 611 g/mol. The van der Waals surface area contributed by atoms with Crippen molar-refractivity contribution in [3.63, 3.8) is 0 Å². The SMILES string of the molecule is CC(C)(C)C1=CC([Si](C)(C)C)=[C]([Zr]([CH3])([CH3])(=[SiH2])[C]2=C([Si](C)(C)C)C=C(C(C)(C)C)C2)C1.Cl.Cl. The minimum atomic E-state index is -3.30. The number of halogens is 2. The normalized spacial score (nSPS) is 19.0. The van der Waals surface area contributed by atoms with E-state index in [4.69, 9.17) is 0 Å². The van der Waals surface area contributed by atoms with Crippen LogP contribution in [0.2, 0.25) is 48.5 Å². The zero-order chi connectivity index (χ0) is 23.7. The first-order chi connectivity index (χ1) is 12.9. The molecule has 0 unspecified atom stereocenters. The van der Waals surface area contributed by atoms with Gasteiger partial charge in [-0.05, 0) is 0 Å². The van der Waals surface area contributed by atoms with Gasteiger partial charge in [-0.15, -0.1) is 24.8 Å². The van der Waals surface area contributed by atoms with Crippen LogP contribution in [0.3, 0.4) is 0 Å². The van der Waals surface area contributed by atoms with E-state index in [1.165, 1.54) is 12.8 Å². The van der Waals surface area contributed by atoms with Crippen LogP contribution in [0.1, 0.15) is 54.4 Å². The maximum atomic E-state index is 2.78. The van der Waals surface area contributed by atoms with Crippen molar-refractivity contribution in [3.05, 3.63) is 40.3 Å². The van der Waals surface area contributed by atoms with E-state index in [0.29, 0.717) is 0 Å². The molecule has 0 atom stereocenters. The van der Waals surface area contributed by atoms with Crippen molar-refractivity contribution < 1.29 is 17.4 Å².